The molecule has 1 heterocycles. The molecule has 20 heavy (non-hydrogen) atoms. The summed E-state index contributed by atoms with van der Waals surface area (Å²) in [6.07, 6.45) is 2.65. The fourth-order valence-electron chi connectivity index (χ4n) is 1.55. The van der Waals surface area contributed by atoms with Crippen molar-refractivity contribution in [3.05, 3.63) is 59.8 Å². The molecule has 0 saturated carbocycles. The average Bonchev–Trinajstić information content (AvgIpc) is 2.98. The van der Waals surface area contributed by atoms with E-state index >= 15 is 0 Å². The SMILES string of the molecule is O=C(CNC(=O)c1ccoc1)NCc1ccccc1F. The lowest BCUT2D eigenvalue weighted by Gasteiger charge is -2.07. The van der Waals surface area contributed by atoms with E-state index in [1.807, 2.05) is 0 Å². The first-order valence-corrected chi connectivity index (χ1v) is 5.97. The highest BCUT2D eigenvalue weighted by Crippen LogP contribution is 2.05. The van der Waals surface area contributed by atoms with Crippen molar-refractivity contribution in [2.75, 3.05) is 6.54 Å². The second-order valence-corrected chi connectivity index (χ2v) is 4.06. The zero-order valence-corrected chi connectivity index (χ0v) is 10.6. The monoisotopic (exact) mass is 276 g/mol. The first-order valence-electron chi connectivity index (χ1n) is 5.97. The second kappa shape index (κ2) is 6.51. The molecule has 0 radical (unpaired) electrons. The van der Waals surface area contributed by atoms with Crippen molar-refractivity contribution in [3.63, 3.8) is 0 Å². The Balaban J connectivity index is 1.76. The molecule has 0 spiro atoms. The largest absolute Gasteiger partial charge is 0.472 e. The van der Waals surface area contributed by atoms with Crippen molar-refractivity contribution in [3.8, 4) is 0 Å². The number of benzene rings is 1. The van der Waals surface area contributed by atoms with Crippen LogP contribution < -0.4 is 10.6 Å². The van der Waals surface area contributed by atoms with E-state index in [1.54, 1.807) is 18.2 Å². The summed E-state index contributed by atoms with van der Waals surface area (Å²) < 4.78 is 18.1. The molecule has 2 rings (SSSR count). The lowest BCUT2D eigenvalue weighted by atomic mass is 10.2. The molecule has 0 aliphatic carbocycles. The highest BCUT2D eigenvalue weighted by molar-refractivity contribution is 5.96. The maximum Gasteiger partial charge on any atom is 0.254 e. The Morgan fingerprint density at radius 1 is 1.15 bits per heavy atom. The lowest BCUT2D eigenvalue weighted by molar-refractivity contribution is -0.120. The van der Waals surface area contributed by atoms with Gasteiger partial charge in [-0.3, -0.25) is 9.59 Å². The minimum absolute atomic E-state index is 0.0765. The third-order valence-corrected chi connectivity index (χ3v) is 2.63. The molecule has 0 fully saturated rings. The summed E-state index contributed by atoms with van der Waals surface area (Å²) in [5, 5.41) is 4.95. The molecule has 0 aliphatic rings. The number of nitrogens with one attached hydrogen (secondary N) is 2. The number of halogens is 1. The number of carbonyl (C=O) groups excluding carboxylic acids is 2. The van der Waals surface area contributed by atoms with Gasteiger partial charge in [0.15, 0.2) is 0 Å². The van der Waals surface area contributed by atoms with Crippen LogP contribution in [-0.2, 0) is 11.3 Å². The predicted octanol–water partition coefficient (Wildman–Crippen LogP) is 1.46. The highest BCUT2D eigenvalue weighted by Gasteiger charge is 2.09. The number of amides is 2. The Morgan fingerprint density at radius 2 is 1.95 bits per heavy atom. The summed E-state index contributed by atoms with van der Waals surface area (Å²) in [5.74, 6) is -1.18. The highest BCUT2D eigenvalue weighted by atomic mass is 19.1. The van der Waals surface area contributed by atoms with Crippen molar-refractivity contribution in [2.45, 2.75) is 6.54 Å². The van der Waals surface area contributed by atoms with E-state index in [4.69, 9.17) is 4.42 Å². The summed E-state index contributed by atoms with van der Waals surface area (Å²) in [6, 6.07) is 7.66. The van der Waals surface area contributed by atoms with Gasteiger partial charge < -0.3 is 15.1 Å². The van der Waals surface area contributed by atoms with Gasteiger partial charge in [-0.15, -0.1) is 0 Å². The average molecular weight is 276 g/mol. The van der Waals surface area contributed by atoms with Crippen LogP contribution in [0.4, 0.5) is 4.39 Å². The molecule has 2 N–H and O–H groups in total. The smallest absolute Gasteiger partial charge is 0.254 e. The maximum absolute atomic E-state index is 13.3. The molecular weight excluding hydrogens is 263 g/mol. The van der Waals surface area contributed by atoms with E-state index < -0.39 is 11.8 Å². The Bertz CT molecular complexity index is 596. The minimum Gasteiger partial charge on any atom is -0.472 e. The molecule has 0 saturated heterocycles. The topological polar surface area (TPSA) is 71.3 Å². The van der Waals surface area contributed by atoms with Crippen molar-refractivity contribution in [2.24, 2.45) is 0 Å². The van der Waals surface area contributed by atoms with Gasteiger partial charge in [-0.05, 0) is 12.1 Å². The van der Waals surface area contributed by atoms with Crippen molar-refractivity contribution in [1.29, 1.82) is 0 Å². The Hall–Kier alpha value is -2.63. The third-order valence-electron chi connectivity index (χ3n) is 2.63. The molecule has 1 aromatic heterocycles. The van der Waals surface area contributed by atoms with Gasteiger partial charge in [0.05, 0.1) is 18.4 Å². The van der Waals surface area contributed by atoms with Crippen LogP contribution in [0.25, 0.3) is 0 Å². The van der Waals surface area contributed by atoms with Crippen LogP contribution in [0.2, 0.25) is 0 Å². The zero-order valence-electron chi connectivity index (χ0n) is 10.6. The molecule has 0 bridgehead atoms. The summed E-state index contributed by atoms with van der Waals surface area (Å²) in [7, 11) is 0. The standard InChI is InChI=1S/C14H13FN2O3/c15-12-4-2-1-3-10(12)7-16-13(18)8-17-14(19)11-5-6-20-9-11/h1-6,9H,7-8H2,(H,16,18)(H,17,19). The normalized spacial score (nSPS) is 10.1. The molecule has 0 aliphatic heterocycles. The van der Waals surface area contributed by atoms with Gasteiger partial charge in [0.1, 0.15) is 12.1 Å². The quantitative estimate of drug-likeness (QED) is 0.868. The van der Waals surface area contributed by atoms with Crippen LogP contribution in [0.15, 0.2) is 47.3 Å². The van der Waals surface area contributed by atoms with E-state index in [0.717, 1.165) is 0 Å². The number of carbonyl (C=O) groups is 2. The number of hydrogen-bond donors (Lipinski definition) is 2. The number of hydrogen-bond acceptors (Lipinski definition) is 3. The van der Waals surface area contributed by atoms with Crippen LogP contribution >= 0.6 is 0 Å². The Kier molecular flexibility index (Phi) is 4.49. The summed E-state index contributed by atoms with van der Waals surface area (Å²) in [6.45, 7) is -0.106. The third kappa shape index (κ3) is 3.68. The van der Waals surface area contributed by atoms with Crippen molar-refractivity contribution >= 4 is 11.8 Å². The first-order chi connectivity index (χ1) is 9.66. The van der Waals surface area contributed by atoms with Crippen LogP contribution in [0.1, 0.15) is 15.9 Å². The summed E-state index contributed by atoms with van der Waals surface area (Å²) in [5.41, 5.74) is 0.730. The number of furan rings is 1. The molecule has 2 aromatic rings. The molecule has 1 aromatic carbocycles. The van der Waals surface area contributed by atoms with Gasteiger partial charge in [0, 0.05) is 12.1 Å². The van der Waals surface area contributed by atoms with Gasteiger partial charge >= 0.3 is 0 Å². The fourth-order valence-corrected chi connectivity index (χ4v) is 1.55. The van der Waals surface area contributed by atoms with E-state index in [-0.39, 0.29) is 18.9 Å². The summed E-state index contributed by atoms with van der Waals surface area (Å²) in [4.78, 5) is 23.1. The predicted molar refractivity (Wildman–Crippen MR) is 69.3 cm³/mol. The van der Waals surface area contributed by atoms with Gasteiger partial charge in [-0.2, -0.15) is 0 Å². The van der Waals surface area contributed by atoms with Crippen molar-refractivity contribution < 1.29 is 18.4 Å². The van der Waals surface area contributed by atoms with Crippen molar-refractivity contribution in [1.82, 2.24) is 10.6 Å². The lowest BCUT2D eigenvalue weighted by Crippen LogP contribution is -2.36. The first kappa shape index (κ1) is 13.8. The van der Waals surface area contributed by atoms with Gasteiger partial charge in [0.2, 0.25) is 5.91 Å². The zero-order chi connectivity index (χ0) is 14.4. The Morgan fingerprint density at radius 3 is 2.65 bits per heavy atom. The summed E-state index contributed by atoms with van der Waals surface area (Å²) >= 11 is 0. The van der Waals surface area contributed by atoms with E-state index in [1.165, 1.54) is 24.7 Å². The molecular formula is C14H13FN2O3. The van der Waals surface area contributed by atoms with Crippen LogP contribution in [0, 0.1) is 5.82 Å². The van der Waals surface area contributed by atoms with E-state index in [2.05, 4.69) is 10.6 Å². The molecule has 0 unspecified atom stereocenters. The second-order valence-electron chi connectivity index (χ2n) is 4.06. The maximum atomic E-state index is 13.3. The molecule has 2 amide bonds. The van der Waals surface area contributed by atoms with Crippen LogP contribution in [-0.4, -0.2) is 18.4 Å². The molecule has 5 nitrogen and oxygen atoms in total. The van der Waals surface area contributed by atoms with E-state index in [9.17, 15) is 14.0 Å². The van der Waals surface area contributed by atoms with Gasteiger partial charge in [-0.25, -0.2) is 4.39 Å². The van der Waals surface area contributed by atoms with Gasteiger partial charge in [0.25, 0.3) is 5.91 Å². The molecule has 6 heteroatoms. The van der Waals surface area contributed by atoms with E-state index in [0.29, 0.717) is 11.1 Å². The van der Waals surface area contributed by atoms with Crippen LogP contribution in [0.3, 0.4) is 0 Å². The number of rotatable bonds is 5. The molecule has 0 atom stereocenters. The Labute approximate surface area is 114 Å². The minimum atomic E-state index is -0.403. The molecule has 104 valence electrons. The fraction of sp³-hybridized carbons (Fsp3) is 0.143. The van der Waals surface area contributed by atoms with Crippen LogP contribution in [0.5, 0.6) is 0 Å². The van der Waals surface area contributed by atoms with Gasteiger partial charge in [-0.1, -0.05) is 18.2 Å².